The number of hydrogen-bond acceptors (Lipinski definition) is 2. The molecule has 1 aromatic carbocycles. The molecule has 0 aliphatic carbocycles. The van der Waals surface area contributed by atoms with Gasteiger partial charge in [0.05, 0.1) is 22.4 Å². The third kappa shape index (κ3) is 3.09. The van der Waals surface area contributed by atoms with Gasteiger partial charge in [0.25, 0.3) is 0 Å². The van der Waals surface area contributed by atoms with Crippen LogP contribution in [0.3, 0.4) is 0 Å². The van der Waals surface area contributed by atoms with Crippen molar-refractivity contribution in [2.24, 2.45) is 0 Å². The number of nitrogens with zero attached hydrogens (tertiary/aromatic N) is 2. The summed E-state index contributed by atoms with van der Waals surface area (Å²) in [7, 11) is 0. The zero-order chi connectivity index (χ0) is 14.9. The molecule has 0 aliphatic rings. The predicted octanol–water partition coefficient (Wildman–Crippen LogP) is 4.97. The molecule has 0 unspecified atom stereocenters. The normalized spacial score (nSPS) is 10.9. The molecule has 0 amide bonds. The Labute approximate surface area is 137 Å². The molecule has 20 heavy (non-hydrogen) atoms. The van der Waals surface area contributed by atoms with Gasteiger partial charge in [-0.3, -0.25) is 4.68 Å². The molecule has 0 saturated heterocycles. The number of benzene rings is 1. The fraction of sp³-hybridized carbons (Fsp3) is 0.400. The number of halogens is 2. The number of aryl methyl sites for hydroxylation is 4. The highest BCUT2D eigenvalue weighted by molar-refractivity contribution is 9.10. The quantitative estimate of drug-likeness (QED) is 0.785. The summed E-state index contributed by atoms with van der Waals surface area (Å²) in [5, 5.41) is 8.06. The largest absolute Gasteiger partial charge is 0.379 e. The van der Waals surface area contributed by atoms with Gasteiger partial charge in [-0.25, -0.2) is 0 Å². The van der Waals surface area contributed by atoms with Gasteiger partial charge in [-0.1, -0.05) is 15.9 Å². The molecular weight excluding hydrogens is 382 g/mol. The van der Waals surface area contributed by atoms with Crippen molar-refractivity contribution in [2.45, 2.75) is 40.8 Å². The van der Waals surface area contributed by atoms with Crippen molar-refractivity contribution in [3.05, 3.63) is 43.6 Å². The van der Waals surface area contributed by atoms with E-state index < -0.39 is 0 Å². The molecule has 0 saturated carbocycles. The number of rotatable bonds is 4. The topological polar surface area (TPSA) is 29.9 Å². The summed E-state index contributed by atoms with van der Waals surface area (Å²) >= 11 is 7.16. The van der Waals surface area contributed by atoms with Gasteiger partial charge in [0, 0.05) is 16.7 Å². The minimum absolute atomic E-state index is 0.762. The molecule has 0 atom stereocenters. The fourth-order valence-corrected chi connectivity index (χ4v) is 3.51. The Kier molecular flexibility index (Phi) is 4.91. The minimum Gasteiger partial charge on any atom is -0.379 e. The zero-order valence-corrected chi connectivity index (χ0v) is 15.4. The van der Waals surface area contributed by atoms with E-state index in [4.69, 9.17) is 0 Å². The monoisotopic (exact) mass is 399 g/mol. The lowest BCUT2D eigenvalue weighted by atomic mass is 10.1. The third-order valence-electron chi connectivity index (χ3n) is 3.38. The lowest BCUT2D eigenvalue weighted by Crippen LogP contribution is -2.09. The number of aromatic nitrogens is 2. The first-order valence-corrected chi connectivity index (χ1v) is 8.25. The Hall–Kier alpha value is -0.810. The van der Waals surface area contributed by atoms with Gasteiger partial charge < -0.3 is 5.32 Å². The van der Waals surface area contributed by atoms with Crippen molar-refractivity contribution < 1.29 is 0 Å². The summed E-state index contributed by atoms with van der Waals surface area (Å²) in [6, 6.07) is 4.26. The van der Waals surface area contributed by atoms with E-state index in [2.05, 4.69) is 75.2 Å². The fourth-order valence-electron chi connectivity index (χ4n) is 2.40. The Balaban J connectivity index is 2.26. The van der Waals surface area contributed by atoms with Gasteiger partial charge in [0.15, 0.2) is 0 Å². The van der Waals surface area contributed by atoms with E-state index in [0.29, 0.717) is 0 Å². The first-order valence-electron chi connectivity index (χ1n) is 6.66. The van der Waals surface area contributed by atoms with Crippen LogP contribution in [0, 0.1) is 20.8 Å². The van der Waals surface area contributed by atoms with Gasteiger partial charge >= 0.3 is 0 Å². The Morgan fingerprint density at radius 2 is 1.75 bits per heavy atom. The second-order valence-corrected chi connectivity index (χ2v) is 6.64. The molecule has 0 spiro atoms. The van der Waals surface area contributed by atoms with Crippen molar-refractivity contribution in [1.29, 1.82) is 0 Å². The standard InChI is InChI=1S/C15H19Br2N3/c1-5-20-13(14(17)11(4)19-20)8-18-15-9(2)6-12(16)7-10(15)3/h6-7,18H,5,8H2,1-4H3. The molecule has 108 valence electrons. The van der Waals surface area contributed by atoms with Gasteiger partial charge in [-0.2, -0.15) is 5.10 Å². The number of hydrogen-bond donors (Lipinski definition) is 1. The summed E-state index contributed by atoms with van der Waals surface area (Å²) < 4.78 is 4.25. The summed E-state index contributed by atoms with van der Waals surface area (Å²) in [6.07, 6.45) is 0. The summed E-state index contributed by atoms with van der Waals surface area (Å²) in [5.41, 5.74) is 5.90. The maximum Gasteiger partial charge on any atom is 0.0739 e. The smallest absolute Gasteiger partial charge is 0.0739 e. The first-order chi connectivity index (χ1) is 9.43. The Morgan fingerprint density at radius 3 is 2.30 bits per heavy atom. The highest BCUT2D eigenvalue weighted by Crippen LogP contribution is 2.27. The second-order valence-electron chi connectivity index (χ2n) is 4.93. The SMILES string of the molecule is CCn1nc(C)c(Br)c1CNc1c(C)cc(Br)cc1C. The third-order valence-corrected chi connectivity index (χ3v) is 4.87. The van der Waals surface area contributed by atoms with Crippen LogP contribution in [0.1, 0.15) is 29.4 Å². The van der Waals surface area contributed by atoms with Gasteiger partial charge in [0.2, 0.25) is 0 Å². The minimum atomic E-state index is 0.762. The first kappa shape index (κ1) is 15.6. The maximum absolute atomic E-state index is 4.52. The van der Waals surface area contributed by atoms with Crippen molar-refractivity contribution >= 4 is 37.5 Å². The Bertz CT molecular complexity index is 609. The zero-order valence-electron chi connectivity index (χ0n) is 12.2. The molecule has 0 fully saturated rings. The van der Waals surface area contributed by atoms with Crippen molar-refractivity contribution in [3.63, 3.8) is 0 Å². The van der Waals surface area contributed by atoms with Crippen LogP contribution in [0.5, 0.6) is 0 Å². The second kappa shape index (κ2) is 6.31. The van der Waals surface area contributed by atoms with Crippen LogP contribution in [0.15, 0.2) is 21.1 Å². The van der Waals surface area contributed by atoms with Gasteiger partial charge in [-0.15, -0.1) is 0 Å². The van der Waals surface area contributed by atoms with Gasteiger partial charge in [-0.05, 0) is 66.9 Å². The number of anilines is 1. The van der Waals surface area contributed by atoms with Crippen LogP contribution in [-0.4, -0.2) is 9.78 Å². The molecule has 0 aliphatic heterocycles. The highest BCUT2D eigenvalue weighted by Gasteiger charge is 2.12. The van der Waals surface area contributed by atoms with Crippen molar-refractivity contribution in [2.75, 3.05) is 5.32 Å². The number of nitrogens with one attached hydrogen (secondary N) is 1. The molecular formula is C15H19Br2N3. The molecule has 2 rings (SSSR count). The van der Waals surface area contributed by atoms with Crippen molar-refractivity contribution in [1.82, 2.24) is 9.78 Å². The maximum atomic E-state index is 4.52. The van der Waals surface area contributed by atoms with E-state index in [1.165, 1.54) is 22.5 Å². The van der Waals surface area contributed by atoms with Crippen LogP contribution in [0.25, 0.3) is 0 Å². The Morgan fingerprint density at radius 1 is 1.15 bits per heavy atom. The van der Waals surface area contributed by atoms with E-state index in [0.717, 1.165) is 27.7 Å². The molecule has 2 aromatic rings. The molecule has 3 nitrogen and oxygen atoms in total. The highest BCUT2D eigenvalue weighted by atomic mass is 79.9. The van der Waals surface area contributed by atoms with Crippen LogP contribution in [0.2, 0.25) is 0 Å². The lowest BCUT2D eigenvalue weighted by molar-refractivity contribution is 0.622. The van der Waals surface area contributed by atoms with Crippen molar-refractivity contribution in [3.8, 4) is 0 Å². The summed E-state index contributed by atoms with van der Waals surface area (Å²) in [5.74, 6) is 0. The van der Waals surface area contributed by atoms with Crippen LogP contribution >= 0.6 is 31.9 Å². The van der Waals surface area contributed by atoms with E-state index in [9.17, 15) is 0 Å². The van der Waals surface area contributed by atoms with Gasteiger partial charge in [0.1, 0.15) is 0 Å². The molecule has 0 bridgehead atoms. The molecule has 0 radical (unpaired) electrons. The van der Waals surface area contributed by atoms with E-state index in [1.807, 2.05) is 11.6 Å². The predicted molar refractivity (Wildman–Crippen MR) is 91.3 cm³/mol. The average Bonchev–Trinajstić information content (AvgIpc) is 2.64. The van der Waals surface area contributed by atoms with Crippen LogP contribution in [-0.2, 0) is 13.1 Å². The molecule has 1 heterocycles. The lowest BCUT2D eigenvalue weighted by Gasteiger charge is -2.14. The summed E-state index contributed by atoms with van der Waals surface area (Å²) in [4.78, 5) is 0. The summed E-state index contributed by atoms with van der Waals surface area (Å²) in [6.45, 7) is 10.0. The molecule has 1 aromatic heterocycles. The van der Waals surface area contributed by atoms with Crippen LogP contribution < -0.4 is 5.32 Å². The van der Waals surface area contributed by atoms with E-state index >= 15 is 0 Å². The average molecular weight is 401 g/mol. The molecule has 5 heteroatoms. The van der Waals surface area contributed by atoms with Crippen LogP contribution in [0.4, 0.5) is 5.69 Å². The van der Waals surface area contributed by atoms with E-state index in [-0.39, 0.29) is 0 Å². The molecule has 1 N–H and O–H groups in total. The van der Waals surface area contributed by atoms with E-state index in [1.54, 1.807) is 0 Å².